The van der Waals surface area contributed by atoms with Crippen LogP contribution < -0.4 is 5.32 Å². The van der Waals surface area contributed by atoms with Gasteiger partial charge in [-0.2, -0.15) is 5.10 Å². The van der Waals surface area contributed by atoms with Crippen molar-refractivity contribution >= 4 is 22.7 Å². The Balaban J connectivity index is 1.95. The summed E-state index contributed by atoms with van der Waals surface area (Å²) in [5.41, 5.74) is 2.72. The number of carbonyl (C=O) groups excluding carboxylic acids is 2. The van der Waals surface area contributed by atoms with Crippen molar-refractivity contribution in [1.82, 2.24) is 15.1 Å². The molecule has 0 bridgehead atoms. The quantitative estimate of drug-likeness (QED) is 0.669. The van der Waals surface area contributed by atoms with Crippen LogP contribution >= 0.6 is 0 Å². The Bertz CT molecular complexity index is 807. The minimum absolute atomic E-state index is 0.166. The summed E-state index contributed by atoms with van der Waals surface area (Å²) in [6.45, 7) is 3.50. The number of aromatic nitrogens is 2. The average Bonchev–Trinajstić information content (AvgIpc) is 2.82. The molecule has 0 radical (unpaired) electrons. The van der Waals surface area contributed by atoms with Crippen LogP contribution in [0.1, 0.15) is 36.4 Å². The first kappa shape index (κ1) is 15.3. The summed E-state index contributed by atoms with van der Waals surface area (Å²) < 4.78 is 1.76. The van der Waals surface area contributed by atoms with Crippen LogP contribution in [0, 0.1) is 0 Å². The summed E-state index contributed by atoms with van der Waals surface area (Å²) in [4.78, 5) is 23.4. The van der Waals surface area contributed by atoms with Crippen molar-refractivity contribution in [3.05, 3.63) is 41.8 Å². The van der Waals surface area contributed by atoms with E-state index < -0.39 is 0 Å². The maximum Gasteiger partial charge on any atom is 0.235 e. The number of hydrogen-bond donors (Lipinski definition) is 2. The van der Waals surface area contributed by atoms with Gasteiger partial charge in [0.1, 0.15) is 0 Å². The first-order valence-corrected chi connectivity index (χ1v) is 7.61. The Morgan fingerprint density at radius 2 is 2.26 bits per heavy atom. The van der Waals surface area contributed by atoms with Crippen LogP contribution in [0.5, 0.6) is 0 Å². The fourth-order valence-corrected chi connectivity index (χ4v) is 2.99. The van der Waals surface area contributed by atoms with Crippen molar-refractivity contribution in [2.45, 2.75) is 31.6 Å². The molecule has 2 N–H and O–H groups in total. The van der Waals surface area contributed by atoms with Crippen molar-refractivity contribution in [3.8, 4) is 0 Å². The van der Waals surface area contributed by atoms with Crippen molar-refractivity contribution in [2.24, 2.45) is 7.05 Å². The van der Waals surface area contributed by atoms with Crippen LogP contribution in [0.2, 0.25) is 0 Å². The van der Waals surface area contributed by atoms with Crippen molar-refractivity contribution < 1.29 is 14.7 Å². The molecule has 0 spiro atoms. The Kier molecular flexibility index (Phi) is 3.90. The minimum Gasteiger partial charge on any atom is -0.513 e. The highest BCUT2D eigenvalue weighted by molar-refractivity contribution is 6.02. The molecule has 0 saturated carbocycles. The number of rotatable bonds is 4. The number of imide groups is 1. The molecule has 2 heterocycles. The number of piperidine rings is 1. The molecule has 1 aliphatic rings. The number of nitrogens with one attached hydrogen (secondary N) is 1. The van der Waals surface area contributed by atoms with Crippen LogP contribution in [0.4, 0.5) is 0 Å². The van der Waals surface area contributed by atoms with Crippen LogP contribution in [0.3, 0.4) is 0 Å². The van der Waals surface area contributed by atoms with Crippen molar-refractivity contribution in [2.75, 3.05) is 0 Å². The molecule has 1 atom stereocenters. The number of amides is 2. The maximum absolute atomic E-state index is 12.1. The predicted molar refractivity (Wildman–Crippen MR) is 85.9 cm³/mol. The smallest absolute Gasteiger partial charge is 0.235 e. The van der Waals surface area contributed by atoms with Crippen LogP contribution in [-0.4, -0.2) is 26.7 Å². The lowest BCUT2D eigenvalue weighted by Gasteiger charge is -2.19. The minimum atomic E-state index is -0.389. The third kappa shape index (κ3) is 2.97. The molecule has 2 aromatic rings. The second kappa shape index (κ2) is 5.87. The zero-order valence-electron chi connectivity index (χ0n) is 13.0. The molecule has 1 aromatic heterocycles. The molecular weight excluding hydrogens is 294 g/mol. The lowest BCUT2D eigenvalue weighted by molar-refractivity contribution is -0.134. The molecule has 1 fully saturated rings. The Hall–Kier alpha value is -2.63. The molecular formula is C17H19N3O3. The van der Waals surface area contributed by atoms with E-state index in [0.29, 0.717) is 31.4 Å². The number of nitrogens with zero attached hydrogens (tertiary/aromatic N) is 2. The number of benzene rings is 1. The van der Waals surface area contributed by atoms with Gasteiger partial charge >= 0.3 is 0 Å². The number of carbonyl (C=O) groups is 2. The van der Waals surface area contributed by atoms with Gasteiger partial charge in [-0.05, 0) is 24.5 Å². The van der Waals surface area contributed by atoms with Crippen LogP contribution in [0.15, 0.2) is 30.5 Å². The fraction of sp³-hybridized carbons (Fsp3) is 0.353. The van der Waals surface area contributed by atoms with Gasteiger partial charge in [0.15, 0.2) is 0 Å². The topological polar surface area (TPSA) is 84.2 Å². The number of fused-ring (bicyclic) bond motifs is 1. The molecule has 120 valence electrons. The van der Waals surface area contributed by atoms with Gasteiger partial charge < -0.3 is 5.11 Å². The molecule has 1 saturated heterocycles. The molecule has 1 aromatic carbocycles. The van der Waals surface area contributed by atoms with Gasteiger partial charge in [-0.1, -0.05) is 18.7 Å². The molecule has 0 aliphatic carbocycles. The summed E-state index contributed by atoms with van der Waals surface area (Å²) in [5, 5.41) is 17.0. The molecule has 23 heavy (non-hydrogen) atoms. The summed E-state index contributed by atoms with van der Waals surface area (Å²) in [6.07, 6.45) is 2.04. The summed E-state index contributed by atoms with van der Waals surface area (Å²) >= 11 is 0. The maximum atomic E-state index is 12.1. The molecule has 6 heteroatoms. The van der Waals surface area contributed by atoms with E-state index >= 15 is 0 Å². The Morgan fingerprint density at radius 3 is 2.96 bits per heavy atom. The van der Waals surface area contributed by atoms with Gasteiger partial charge in [-0.15, -0.1) is 0 Å². The van der Waals surface area contributed by atoms with Gasteiger partial charge in [0.2, 0.25) is 11.8 Å². The number of allylic oxidation sites excluding steroid dienone is 1. The highest BCUT2D eigenvalue weighted by atomic mass is 16.3. The molecule has 1 unspecified atom stereocenters. The third-order valence-electron chi connectivity index (χ3n) is 4.22. The van der Waals surface area contributed by atoms with Gasteiger partial charge in [-0.25, -0.2) is 0 Å². The summed E-state index contributed by atoms with van der Waals surface area (Å²) in [6, 6.07) is 5.94. The van der Waals surface area contributed by atoms with Gasteiger partial charge in [0.25, 0.3) is 0 Å². The SMILES string of the molecule is C=C(O)CCc1ccc2c(C3CCC(=O)NC3=O)nn(C)c2c1. The fourth-order valence-electron chi connectivity index (χ4n) is 2.99. The first-order chi connectivity index (χ1) is 11.0. The summed E-state index contributed by atoms with van der Waals surface area (Å²) in [5.74, 6) is -0.723. The lowest BCUT2D eigenvalue weighted by Crippen LogP contribution is -2.39. The number of aliphatic hydroxyl groups is 1. The monoisotopic (exact) mass is 313 g/mol. The molecule has 1 aliphatic heterocycles. The second-order valence-electron chi connectivity index (χ2n) is 5.93. The van der Waals surface area contributed by atoms with Gasteiger partial charge in [-0.3, -0.25) is 19.6 Å². The van der Waals surface area contributed by atoms with E-state index in [0.717, 1.165) is 16.5 Å². The lowest BCUT2D eigenvalue weighted by atomic mass is 9.92. The average molecular weight is 313 g/mol. The van der Waals surface area contributed by atoms with Crippen molar-refractivity contribution in [3.63, 3.8) is 0 Å². The van der Waals surface area contributed by atoms with Gasteiger partial charge in [0, 0.05) is 25.3 Å². The van der Waals surface area contributed by atoms with E-state index in [9.17, 15) is 14.7 Å². The molecule has 2 amide bonds. The van der Waals surface area contributed by atoms with E-state index in [1.54, 1.807) is 4.68 Å². The molecule has 3 rings (SSSR count). The normalized spacial score (nSPS) is 18.2. The number of aliphatic hydroxyl groups excluding tert-OH is 1. The first-order valence-electron chi connectivity index (χ1n) is 7.61. The van der Waals surface area contributed by atoms with Crippen LogP contribution in [-0.2, 0) is 23.1 Å². The van der Waals surface area contributed by atoms with Gasteiger partial charge in [0.05, 0.1) is 22.9 Å². The number of aryl methyl sites for hydroxylation is 2. The zero-order chi connectivity index (χ0) is 16.6. The van der Waals surface area contributed by atoms with E-state index in [1.807, 2.05) is 25.2 Å². The zero-order valence-corrected chi connectivity index (χ0v) is 13.0. The Labute approximate surface area is 133 Å². The predicted octanol–water partition coefficient (Wildman–Crippen LogP) is 2.10. The Morgan fingerprint density at radius 1 is 1.48 bits per heavy atom. The van der Waals surface area contributed by atoms with E-state index in [-0.39, 0.29) is 23.5 Å². The van der Waals surface area contributed by atoms with E-state index in [2.05, 4.69) is 17.0 Å². The van der Waals surface area contributed by atoms with E-state index in [1.165, 1.54) is 0 Å². The highest BCUT2D eigenvalue weighted by Crippen LogP contribution is 2.30. The standard InChI is InChI=1S/C17H19N3O3/c1-10(21)3-4-11-5-6-12-14(9-11)20(2)19-16(12)13-7-8-15(22)18-17(13)23/h5-6,9,13,21H,1,3-4,7-8H2,2H3,(H,18,22,23). The van der Waals surface area contributed by atoms with Crippen molar-refractivity contribution in [1.29, 1.82) is 0 Å². The largest absolute Gasteiger partial charge is 0.513 e. The third-order valence-corrected chi connectivity index (χ3v) is 4.22. The van der Waals surface area contributed by atoms with Crippen LogP contribution in [0.25, 0.3) is 10.9 Å². The second-order valence-corrected chi connectivity index (χ2v) is 5.93. The summed E-state index contributed by atoms with van der Waals surface area (Å²) in [7, 11) is 1.84. The molecule has 6 nitrogen and oxygen atoms in total. The number of hydrogen-bond acceptors (Lipinski definition) is 4. The van der Waals surface area contributed by atoms with E-state index in [4.69, 9.17) is 0 Å². The highest BCUT2D eigenvalue weighted by Gasteiger charge is 2.31.